The van der Waals surface area contributed by atoms with Crippen molar-refractivity contribution in [2.24, 2.45) is 5.73 Å². The van der Waals surface area contributed by atoms with Crippen molar-refractivity contribution in [3.05, 3.63) is 16.5 Å². The number of nitrogens with zero attached hydrogens (tertiary/aromatic N) is 1. The van der Waals surface area contributed by atoms with Gasteiger partial charge in [-0.3, -0.25) is 0 Å². The summed E-state index contributed by atoms with van der Waals surface area (Å²) in [7, 11) is 1.23. The van der Waals surface area contributed by atoms with Crippen molar-refractivity contribution in [1.29, 1.82) is 0 Å². The second kappa shape index (κ2) is 3.55. The molecular formula is C6H7ClN2O3. The highest BCUT2D eigenvalue weighted by atomic mass is 35.5. The number of carbonyl (C=O) groups is 1. The second-order valence-electron chi connectivity index (χ2n) is 1.96. The zero-order chi connectivity index (χ0) is 9.14. The molecule has 66 valence electrons. The van der Waals surface area contributed by atoms with Crippen molar-refractivity contribution in [1.82, 2.24) is 5.16 Å². The molecule has 1 rings (SSSR count). The number of rotatable bonds is 2. The summed E-state index contributed by atoms with van der Waals surface area (Å²) in [5.41, 5.74) is 5.19. The highest BCUT2D eigenvalue weighted by Crippen LogP contribution is 2.20. The van der Waals surface area contributed by atoms with E-state index in [2.05, 4.69) is 14.4 Å². The smallest absolute Gasteiger partial charge is 0.361 e. The van der Waals surface area contributed by atoms with Crippen molar-refractivity contribution < 1.29 is 14.1 Å². The average Bonchev–Trinajstić information content (AvgIpc) is 2.45. The SMILES string of the molecule is COC(=O)c1noc(CN)c1Cl. The second-order valence-corrected chi connectivity index (χ2v) is 2.34. The molecule has 0 bridgehead atoms. The summed E-state index contributed by atoms with van der Waals surface area (Å²) in [6, 6.07) is 0. The summed E-state index contributed by atoms with van der Waals surface area (Å²) in [4.78, 5) is 10.9. The van der Waals surface area contributed by atoms with Crippen molar-refractivity contribution in [2.45, 2.75) is 6.54 Å². The predicted molar refractivity (Wildman–Crippen MR) is 40.7 cm³/mol. The van der Waals surface area contributed by atoms with Gasteiger partial charge in [-0.05, 0) is 0 Å². The number of ether oxygens (including phenoxy) is 1. The molecule has 0 unspecified atom stereocenters. The van der Waals surface area contributed by atoms with Gasteiger partial charge in [-0.15, -0.1) is 0 Å². The van der Waals surface area contributed by atoms with E-state index in [4.69, 9.17) is 17.3 Å². The number of nitrogens with two attached hydrogens (primary N) is 1. The first-order valence-corrected chi connectivity index (χ1v) is 3.51. The fourth-order valence-electron chi connectivity index (χ4n) is 0.663. The molecule has 1 heterocycles. The van der Waals surface area contributed by atoms with E-state index in [-0.39, 0.29) is 23.0 Å². The van der Waals surface area contributed by atoms with Gasteiger partial charge in [0.15, 0.2) is 5.76 Å². The Morgan fingerprint density at radius 1 is 1.83 bits per heavy atom. The Balaban J connectivity index is 3.02. The van der Waals surface area contributed by atoms with Crippen LogP contribution in [-0.2, 0) is 11.3 Å². The first kappa shape index (κ1) is 9.02. The largest absolute Gasteiger partial charge is 0.464 e. The van der Waals surface area contributed by atoms with E-state index in [1.807, 2.05) is 0 Å². The molecule has 0 amide bonds. The molecule has 6 heteroatoms. The van der Waals surface area contributed by atoms with Crippen LogP contribution in [0, 0.1) is 0 Å². The van der Waals surface area contributed by atoms with Gasteiger partial charge in [0.25, 0.3) is 0 Å². The summed E-state index contributed by atoms with van der Waals surface area (Å²) in [6.07, 6.45) is 0. The van der Waals surface area contributed by atoms with Gasteiger partial charge in [0.2, 0.25) is 5.69 Å². The van der Waals surface area contributed by atoms with Crippen LogP contribution < -0.4 is 5.73 Å². The molecule has 1 aromatic heterocycles. The molecule has 12 heavy (non-hydrogen) atoms. The number of carbonyl (C=O) groups excluding carboxylic acids is 1. The fraction of sp³-hybridized carbons (Fsp3) is 0.333. The van der Waals surface area contributed by atoms with E-state index < -0.39 is 5.97 Å². The van der Waals surface area contributed by atoms with E-state index in [1.54, 1.807) is 0 Å². The van der Waals surface area contributed by atoms with Gasteiger partial charge in [0.05, 0.1) is 13.7 Å². The molecule has 0 spiro atoms. The van der Waals surface area contributed by atoms with E-state index in [0.717, 1.165) is 0 Å². The van der Waals surface area contributed by atoms with Crippen LogP contribution in [0.15, 0.2) is 4.52 Å². The normalized spacial score (nSPS) is 9.92. The number of hydrogen-bond donors (Lipinski definition) is 1. The summed E-state index contributed by atoms with van der Waals surface area (Å²) < 4.78 is 9.05. The minimum absolute atomic E-state index is 0.0420. The Morgan fingerprint density at radius 2 is 2.50 bits per heavy atom. The van der Waals surface area contributed by atoms with Gasteiger partial charge in [-0.25, -0.2) is 4.79 Å². The van der Waals surface area contributed by atoms with Crippen LogP contribution in [0.3, 0.4) is 0 Å². The molecule has 0 saturated carbocycles. The van der Waals surface area contributed by atoms with Crippen LogP contribution in [-0.4, -0.2) is 18.2 Å². The number of methoxy groups -OCH3 is 1. The Morgan fingerprint density at radius 3 is 2.92 bits per heavy atom. The zero-order valence-electron chi connectivity index (χ0n) is 6.33. The summed E-state index contributed by atoms with van der Waals surface area (Å²) in [5, 5.41) is 3.51. The van der Waals surface area contributed by atoms with E-state index >= 15 is 0 Å². The maximum absolute atomic E-state index is 10.9. The van der Waals surface area contributed by atoms with Gasteiger partial charge in [-0.1, -0.05) is 16.8 Å². The molecule has 0 fully saturated rings. The van der Waals surface area contributed by atoms with Crippen LogP contribution in [0.4, 0.5) is 0 Å². The third-order valence-electron chi connectivity index (χ3n) is 1.26. The van der Waals surface area contributed by atoms with Crippen LogP contribution in [0.1, 0.15) is 16.2 Å². The number of halogens is 1. The quantitative estimate of drug-likeness (QED) is 0.690. The number of hydrogen-bond acceptors (Lipinski definition) is 5. The Bertz CT molecular complexity index is 297. The maximum Gasteiger partial charge on any atom is 0.361 e. The summed E-state index contributed by atoms with van der Waals surface area (Å²) >= 11 is 5.66. The maximum atomic E-state index is 10.9. The lowest BCUT2D eigenvalue weighted by Crippen LogP contribution is -2.02. The number of esters is 1. The number of aromatic nitrogens is 1. The molecule has 0 aliphatic heterocycles. The fourth-order valence-corrected chi connectivity index (χ4v) is 0.887. The van der Waals surface area contributed by atoms with Crippen LogP contribution in [0.2, 0.25) is 5.02 Å². The Hall–Kier alpha value is -1.07. The first-order chi connectivity index (χ1) is 5.70. The van der Waals surface area contributed by atoms with Gasteiger partial charge in [0, 0.05) is 0 Å². The van der Waals surface area contributed by atoms with E-state index in [0.29, 0.717) is 0 Å². The molecule has 0 aliphatic rings. The van der Waals surface area contributed by atoms with E-state index in [9.17, 15) is 4.79 Å². The lowest BCUT2D eigenvalue weighted by Gasteiger charge is -1.91. The van der Waals surface area contributed by atoms with Gasteiger partial charge in [-0.2, -0.15) is 0 Å². The van der Waals surface area contributed by atoms with Crippen molar-refractivity contribution >= 4 is 17.6 Å². The Kier molecular flexibility index (Phi) is 2.67. The molecule has 0 aliphatic carbocycles. The third-order valence-corrected chi connectivity index (χ3v) is 1.65. The lowest BCUT2D eigenvalue weighted by atomic mass is 10.3. The minimum atomic E-state index is -0.636. The van der Waals surface area contributed by atoms with Crippen LogP contribution >= 0.6 is 11.6 Å². The topological polar surface area (TPSA) is 78.3 Å². The molecule has 5 nitrogen and oxygen atoms in total. The van der Waals surface area contributed by atoms with Crippen molar-refractivity contribution in [2.75, 3.05) is 7.11 Å². The third kappa shape index (κ3) is 1.41. The lowest BCUT2D eigenvalue weighted by molar-refractivity contribution is 0.0589. The van der Waals surface area contributed by atoms with Gasteiger partial charge >= 0.3 is 5.97 Å². The Labute approximate surface area is 73.4 Å². The average molecular weight is 191 g/mol. The van der Waals surface area contributed by atoms with Crippen LogP contribution in [0.25, 0.3) is 0 Å². The molecule has 0 saturated heterocycles. The predicted octanol–water partition coefficient (Wildman–Crippen LogP) is 0.573. The summed E-state index contributed by atoms with van der Waals surface area (Å²) in [5.74, 6) is -0.361. The highest BCUT2D eigenvalue weighted by Gasteiger charge is 2.19. The van der Waals surface area contributed by atoms with E-state index in [1.165, 1.54) is 7.11 Å². The van der Waals surface area contributed by atoms with Gasteiger partial charge in [0.1, 0.15) is 5.02 Å². The molecular weight excluding hydrogens is 184 g/mol. The molecule has 0 atom stereocenters. The minimum Gasteiger partial charge on any atom is -0.464 e. The molecule has 0 radical (unpaired) electrons. The molecule has 0 aromatic carbocycles. The molecule has 2 N–H and O–H groups in total. The zero-order valence-corrected chi connectivity index (χ0v) is 7.09. The first-order valence-electron chi connectivity index (χ1n) is 3.13. The van der Waals surface area contributed by atoms with Gasteiger partial charge < -0.3 is 15.0 Å². The monoisotopic (exact) mass is 190 g/mol. The van der Waals surface area contributed by atoms with Crippen molar-refractivity contribution in [3.8, 4) is 0 Å². The highest BCUT2D eigenvalue weighted by molar-refractivity contribution is 6.33. The van der Waals surface area contributed by atoms with Crippen LogP contribution in [0.5, 0.6) is 0 Å². The standard InChI is InChI=1S/C6H7ClN2O3/c1-11-6(10)5-4(7)3(2-8)12-9-5/h2,8H2,1H3. The summed E-state index contributed by atoms with van der Waals surface area (Å²) in [6.45, 7) is 0.100. The molecule has 1 aromatic rings. The van der Waals surface area contributed by atoms with Crippen molar-refractivity contribution in [3.63, 3.8) is 0 Å².